The molecule has 2 unspecified atom stereocenters. The first-order valence-electron chi connectivity index (χ1n) is 7.21. The van der Waals surface area contributed by atoms with Crippen LogP contribution >= 0.6 is 0 Å². The van der Waals surface area contributed by atoms with Crippen molar-refractivity contribution in [2.75, 3.05) is 0 Å². The highest BCUT2D eigenvalue weighted by Crippen LogP contribution is 2.29. The van der Waals surface area contributed by atoms with E-state index in [-0.39, 0.29) is 24.1 Å². The Kier molecular flexibility index (Phi) is 5.08. The van der Waals surface area contributed by atoms with Crippen LogP contribution in [0.2, 0.25) is 0 Å². The molecule has 0 saturated heterocycles. The van der Waals surface area contributed by atoms with Gasteiger partial charge in [-0.3, -0.25) is 19.7 Å². The quantitative estimate of drug-likeness (QED) is 0.639. The molecule has 1 aromatic rings. The number of nitro groups is 1. The van der Waals surface area contributed by atoms with E-state index in [1.165, 1.54) is 12.1 Å². The number of nitro benzene ring substituents is 1. The van der Waals surface area contributed by atoms with Gasteiger partial charge in [-0.05, 0) is 24.8 Å². The van der Waals surface area contributed by atoms with Gasteiger partial charge >= 0.3 is 5.97 Å². The largest absolute Gasteiger partial charge is 0.481 e. The SMILES string of the molecule is O=C(O)C1CCCC(C(=O)NCc2ccc([N+](=O)[O-])cc2)C1. The summed E-state index contributed by atoms with van der Waals surface area (Å²) in [6, 6.07) is 5.98. The van der Waals surface area contributed by atoms with Gasteiger partial charge in [0.1, 0.15) is 0 Å². The first-order valence-corrected chi connectivity index (χ1v) is 7.21. The highest BCUT2D eigenvalue weighted by atomic mass is 16.6. The Morgan fingerprint density at radius 2 is 1.86 bits per heavy atom. The monoisotopic (exact) mass is 306 g/mol. The number of hydrogen-bond donors (Lipinski definition) is 2. The molecule has 0 aromatic heterocycles. The number of non-ortho nitro benzene ring substituents is 1. The molecule has 1 aliphatic carbocycles. The molecule has 0 aliphatic heterocycles. The summed E-state index contributed by atoms with van der Waals surface area (Å²) in [6.45, 7) is 0.283. The number of rotatable bonds is 5. The number of nitrogens with zero attached hydrogens (tertiary/aromatic N) is 1. The highest BCUT2D eigenvalue weighted by molar-refractivity contribution is 5.80. The first kappa shape index (κ1) is 15.9. The highest BCUT2D eigenvalue weighted by Gasteiger charge is 2.30. The molecular weight excluding hydrogens is 288 g/mol. The molecule has 1 aromatic carbocycles. The second kappa shape index (κ2) is 7.02. The van der Waals surface area contributed by atoms with Gasteiger partial charge in [-0.1, -0.05) is 18.6 Å². The molecule has 1 amide bonds. The first-order chi connectivity index (χ1) is 10.5. The lowest BCUT2D eigenvalue weighted by atomic mass is 9.81. The van der Waals surface area contributed by atoms with Crippen molar-refractivity contribution >= 4 is 17.6 Å². The summed E-state index contributed by atoms with van der Waals surface area (Å²) in [5.41, 5.74) is 0.774. The zero-order valence-corrected chi connectivity index (χ0v) is 12.0. The van der Waals surface area contributed by atoms with E-state index in [0.29, 0.717) is 19.3 Å². The number of carbonyl (C=O) groups excluding carboxylic acids is 1. The summed E-state index contributed by atoms with van der Waals surface area (Å²) in [7, 11) is 0. The lowest BCUT2D eigenvalue weighted by molar-refractivity contribution is -0.384. The summed E-state index contributed by atoms with van der Waals surface area (Å²) < 4.78 is 0. The standard InChI is InChI=1S/C15H18N2O5/c18-14(11-2-1-3-12(8-11)15(19)20)16-9-10-4-6-13(7-5-10)17(21)22/h4-7,11-12H,1-3,8-9H2,(H,16,18)(H,19,20). The van der Waals surface area contributed by atoms with E-state index < -0.39 is 16.8 Å². The van der Waals surface area contributed by atoms with Gasteiger partial charge in [-0.2, -0.15) is 0 Å². The van der Waals surface area contributed by atoms with Crippen molar-refractivity contribution < 1.29 is 19.6 Å². The number of hydrogen-bond acceptors (Lipinski definition) is 4. The molecule has 0 radical (unpaired) electrons. The zero-order chi connectivity index (χ0) is 16.1. The Hall–Kier alpha value is -2.44. The molecule has 2 rings (SSSR count). The van der Waals surface area contributed by atoms with Crippen LogP contribution in [0.4, 0.5) is 5.69 Å². The summed E-state index contributed by atoms with van der Waals surface area (Å²) in [5.74, 6) is -1.70. The lowest BCUT2D eigenvalue weighted by Gasteiger charge is -2.25. The van der Waals surface area contributed by atoms with Crippen LogP contribution in [0.5, 0.6) is 0 Å². The van der Waals surface area contributed by atoms with Gasteiger partial charge in [0.15, 0.2) is 0 Å². The minimum Gasteiger partial charge on any atom is -0.481 e. The third kappa shape index (κ3) is 4.03. The smallest absolute Gasteiger partial charge is 0.306 e. The summed E-state index contributed by atoms with van der Waals surface area (Å²) in [4.78, 5) is 33.2. The van der Waals surface area contributed by atoms with Crippen molar-refractivity contribution in [2.45, 2.75) is 32.2 Å². The van der Waals surface area contributed by atoms with Gasteiger partial charge in [0.2, 0.25) is 5.91 Å². The fraction of sp³-hybridized carbons (Fsp3) is 0.467. The Morgan fingerprint density at radius 3 is 2.45 bits per heavy atom. The van der Waals surface area contributed by atoms with E-state index in [2.05, 4.69) is 5.32 Å². The van der Waals surface area contributed by atoms with Crippen LogP contribution in [-0.2, 0) is 16.1 Å². The second-order valence-electron chi connectivity index (χ2n) is 5.54. The molecule has 7 nitrogen and oxygen atoms in total. The molecule has 7 heteroatoms. The van der Waals surface area contributed by atoms with Crippen LogP contribution in [0.25, 0.3) is 0 Å². The number of amides is 1. The third-order valence-corrected chi connectivity index (χ3v) is 4.01. The number of aliphatic carboxylic acids is 1. The van der Waals surface area contributed by atoms with Gasteiger partial charge in [0.25, 0.3) is 5.69 Å². The second-order valence-corrected chi connectivity index (χ2v) is 5.54. The maximum atomic E-state index is 12.1. The third-order valence-electron chi connectivity index (χ3n) is 4.01. The summed E-state index contributed by atoms with van der Waals surface area (Å²) >= 11 is 0. The molecule has 2 N–H and O–H groups in total. The average molecular weight is 306 g/mol. The normalized spacial score (nSPS) is 21.1. The van der Waals surface area contributed by atoms with Crippen molar-refractivity contribution in [3.63, 3.8) is 0 Å². The van der Waals surface area contributed by atoms with Crippen LogP contribution in [0.3, 0.4) is 0 Å². The van der Waals surface area contributed by atoms with E-state index in [1.54, 1.807) is 12.1 Å². The lowest BCUT2D eigenvalue weighted by Crippen LogP contribution is -2.35. The molecule has 0 bridgehead atoms. The minimum atomic E-state index is -0.840. The Morgan fingerprint density at radius 1 is 1.23 bits per heavy atom. The number of carboxylic acids is 1. The van der Waals surface area contributed by atoms with E-state index in [1.807, 2.05) is 0 Å². The van der Waals surface area contributed by atoms with Crippen molar-refractivity contribution in [2.24, 2.45) is 11.8 Å². The predicted molar refractivity (Wildman–Crippen MR) is 78.0 cm³/mol. The van der Waals surface area contributed by atoms with Crippen molar-refractivity contribution in [1.29, 1.82) is 0 Å². The van der Waals surface area contributed by atoms with Crippen molar-refractivity contribution in [3.05, 3.63) is 39.9 Å². The molecule has 1 fully saturated rings. The fourth-order valence-electron chi connectivity index (χ4n) is 2.72. The maximum absolute atomic E-state index is 12.1. The average Bonchev–Trinajstić information content (AvgIpc) is 2.53. The van der Waals surface area contributed by atoms with E-state index in [0.717, 1.165) is 12.0 Å². The number of benzene rings is 1. The van der Waals surface area contributed by atoms with Crippen LogP contribution in [0, 0.1) is 22.0 Å². The molecule has 118 valence electrons. The van der Waals surface area contributed by atoms with Crippen molar-refractivity contribution in [1.82, 2.24) is 5.32 Å². The Bertz CT molecular complexity index is 570. The fourth-order valence-corrected chi connectivity index (χ4v) is 2.72. The molecule has 2 atom stereocenters. The van der Waals surface area contributed by atoms with E-state index >= 15 is 0 Å². The van der Waals surface area contributed by atoms with E-state index in [9.17, 15) is 19.7 Å². The molecular formula is C15H18N2O5. The van der Waals surface area contributed by atoms with Gasteiger partial charge < -0.3 is 10.4 Å². The molecule has 22 heavy (non-hydrogen) atoms. The number of nitrogens with one attached hydrogen (secondary N) is 1. The van der Waals surface area contributed by atoms with Gasteiger partial charge in [-0.25, -0.2) is 0 Å². The Labute approximate surface area is 127 Å². The van der Waals surface area contributed by atoms with Crippen LogP contribution in [-0.4, -0.2) is 21.9 Å². The van der Waals surface area contributed by atoms with E-state index in [4.69, 9.17) is 5.11 Å². The topological polar surface area (TPSA) is 110 Å². The predicted octanol–water partition coefficient (Wildman–Crippen LogP) is 2.10. The van der Waals surface area contributed by atoms with Crippen LogP contribution in [0.1, 0.15) is 31.2 Å². The van der Waals surface area contributed by atoms with Gasteiger partial charge in [0, 0.05) is 24.6 Å². The van der Waals surface area contributed by atoms with Crippen LogP contribution in [0.15, 0.2) is 24.3 Å². The minimum absolute atomic E-state index is 0.00616. The van der Waals surface area contributed by atoms with Crippen molar-refractivity contribution in [3.8, 4) is 0 Å². The van der Waals surface area contributed by atoms with Gasteiger partial charge in [-0.15, -0.1) is 0 Å². The number of carboxylic acid groups (broad SMARTS) is 1. The summed E-state index contributed by atoms with van der Waals surface area (Å²) in [5, 5.41) is 22.4. The number of carbonyl (C=O) groups is 2. The molecule has 1 saturated carbocycles. The Balaban J connectivity index is 1.86. The summed E-state index contributed by atoms with van der Waals surface area (Å²) in [6.07, 6.45) is 2.45. The maximum Gasteiger partial charge on any atom is 0.306 e. The van der Waals surface area contributed by atoms with Crippen LogP contribution < -0.4 is 5.32 Å². The molecule has 0 spiro atoms. The zero-order valence-electron chi connectivity index (χ0n) is 12.0. The van der Waals surface area contributed by atoms with Gasteiger partial charge in [0.05, 0.1) is 10.8 Å². The molecule has 0 heterocycles. The molecule has 1 aliphatic rings.